The third kappa shape index (κ3) is 2.71. The van der Waals surface area contributed by atoms with Crippen LogP contribution in [0.1, 0.15) is 25.5 Å². The van der Waals surface area contributed by atoms with Crippen molar-refractivity contribution in [1.29, 1.82) is 0 Å². The van der Waals surface area contributed by atoms with Crippen LogP contribution in [0.25, 0.3) is 11.3 Å². The molecular formula is C15H18N2. The normalized spacial score (nSPS) is 12.4. The zero-order valence-electron chi connectivity index (χ0n) is 10.4. The van der Waals surface area contributed by atoms with Crippen LogP contribution in [0.3, 0.4) is 0 Å². The molecule has 1 heterocycles. The van der Waals surface area contributed by atoms with E-state index in [1.165, 1.54) is 11.1 Å². The quantitative estimate of drug-likeness (QED) is 0.864. The lowest BCUT2D eigenvalue weighted by Crippen LogP contribution is -2.18. The first-order chi connectivity index (χ1) is 8.33. The number of pyridine rings is 1. The number of aromatic nitrogens is 1. The lowest BCUT2D eigenvalue weighted by atomic mass is 9.98. The minimum Gasteiger partial charge on any atom is -0.310 e. The zero-order valence-corrected chi connectivity index (χ0v) is 10.4. The first-order valence-corrected chi connectivity index (χ1v) is 6.06. The maximum absolute atomic E-state index is 4.42. The predicted molar refractivity (Wildman–Crippen MR) is 71.8 cm³/mol. The van der Waals surface area contributed by atoms with Crippen LogP contribution in [0.4, 0.5) is 0 Å². The molecular weight excluding hydrogens is 208 g/mol. The Kier molecular flexibility index (Phi) is 3.89. The molecule has 0 aliphatic rings. The van der Waals surface area contributed by atoms with Crippen molar-refractivity contribution in [3.05, 3.63) is 54.2 Å². The van der Waals surface area contributed by atoms with Gasteiger partial charge in [0.15, 0.2) is 0 Å². The Balaban J connectivity index is 2.41. The number of rotatable bonds is 4. The van der Waals surface area contributed by atoms with Gasteiger partial charge >= 0.3 is 0 Å². The van der Waals surface area contributed by atoms with Crippen molar-refractivity contribution in [3.8, 4) is 11.3 Å². The average molecular weight is 226 g/mol. The van der Waals surface area contributed by atoms with E-state index in [2.05, 4.69) is 54.5 Å². The van der Waals surface area contributed by atoms with Crippen LogP contribution in [0.15, 0.2) is 48.7 Å². The van der Waals surface area contributed by atoms with Gasteiger partial charge in [0.05, 0.1) is 5.69 Å². The van der Waals surface area contributed by atoms with Crippen molar-refractivity contribution in [2.24, 2.45) is 0 Å². The van der Waals surface area contributed by atoms with E-state index in [0.717, 1.165) is 12.2 Å². The molecule has 2 heteroatoms. The van der Waals surface area contributed by atoms with E-state index >= 15 is 0 Å². The summed E-state index contributed by atoms with van der Waals surface area (Å²) in [5.74, 6) is 0. The van der Waals surface area contributed by atoms with Gasteiger partial charge in [-0.1, -0.05) is 37.3 Å². The fraction of sp³-hybridized carbons (Fsp3) is 0.267. The highest BCUT2D eigenvalue weighted by molar-refractivity contribution is 5.64. The largest absolute Gasteiger partial charge is 0.310 e. The molecule has 17 heavy (non-hydrogen) atoms. The van der Waals surface area contributed by atoms with Gasteiger partial charge in [0, 0.05) is 17.8 Å². The van der Waals surface area contributed by atoms with Crippen LogP contribution in [-0.4, -0.2) is 11.5 Å². The standard InChI is InChI=1S/C15H18N2/c1-3-16-12(2)13-8-4-5-9-14(13)15-10-6-7-11-17-15/h4-12,16H,3H2,1-2H3. The van der Waals surface area contributed by atoms with E-state index in [1.807, 2.05) is 18.3 Å². The first kappa shape index (κ1) is 11.8. The van der Waals surface area contributed by atoms with Gasteiger partial charge in [-0.2, -0.15) is 0 Å². The van der Waals surface area contributed by atoms with Gasteiger partial charge in [0.25, 0.3) is 0 Å². The molecule has 0 aliphatic heterocycles. The Morgan fingerprint density at radius 1 is 1.12 bits per heavy atom. The smallest absolute Gasteiger partial charge is 0.0705 e. The molecule has 1 atom stereocenters. The van der Waals surface area contributed by atoms with Gasteiger partial charge in [0.1, 0.15) is 0 Å². The minimum absolute atomic E-state index is 0.346. The van der Waals surface area contributed by atoms with Crippen molar-refractivity contribution < 1.29 is 0 Å². The topological polar surface area (TPSA) is 24.9 Å². The molecule has 2 nitrogen and oxygen atoms in total. The highest BCUT2D eigenvalue weighted by Gasteiger charge is 2.10. The Bertz CT molecular complexity index is 465. The molecule has 0 aliphatic carbocycles. The maximum atomic E-state index is 4.42. The molecule has 0 amide bonds. The fourth-order valence-electron chi connectivity index (χ4n) is 2.05. The molecule has 1 unspecified atom stereocenters. The van der Waals surface area contributed by atoms with Gasteiger partial charge in [-0.15, -0.1) is 0 Å². The first-order valence-electron chi connectivity index (χ1n) is 6.06. The third-order valence-electron chi connectivity index (χ3n) is 2.88. The van der Waals surface area contributed by atoms with E-state index < -0.39 is 0 Å². The molecule has 1 N–H and O–H groups in total. The van der Waals surface area contributed by atoms with Gasteiger partial charge < -0.3 is 5.32 Å². The fourth-order valence-corrected chi connectivity index (χ4v) is 2.05. The second kappa shape index (κ2) is 5.60. The molecule has 0 radical (unpaired) electrons. The highest BCUT2D eigenvalue weighted by atomic mass is 14.9. The lowest BCUT2D eigenvalue weighted by Gasteiger charge is -2.16. The Hall–Kier alpha value is -1.67. The minimum atomic E-state index is 0.346. The Labute approximate surface area is 103 Å². The van der Waals surface area contributed by atoms with E-state index in [4.69, 9.17) is 0 Å². The van der Waals surface area contributed by atoms with Crippen LogP contribution >= 0.6 is 0 Å². The van der Waals surface area contributed by atoms with E-state index in [0.29, 0.717) is 6.04 Å². The molecule has 1 aromatic carbocycles. The third-order valence-corrected chi connectivity index (χ3v) is 2.88. The van der Waals surface area contributed by atoms with Gasteiger partial charge in [-0.3, -0.25) is 4.98 Å². The SMILES string of the molecule is CCNC(C)c1ccccc1-c1ccccn1. The maximum Gasteiger partial charge on any atom is 0.0705 e. The summed E-state index contributed by atoms with van der Waals surface area (Å²) in [7, 11) is 0. The molecule has 0 spiro atoms. The van der Waals surface area contributed by atoms with Gasteiger partial charge in [-0.05, 0) is 31.2 Å². The molecule has 0 fully saturated rings. The van der Waals surface area contributed by atoms with Crippen LogP contribution in [0, 0.1) is 0 Å². The van der Waals surface area contributed by atoms with Crippen molar-refractivity contribution in [1.82, 2.24) is 10.3 Å². The van der Waals surface area contributed by atoms with Crippen LogP contribution in [0.2, 0.25) is 0 Å². The summed E-state index contributed by atoms with van der Waals surface area (Å²) in [4.78, 5) is 4.42. The van der Waals surface area contributed by atoms with Crippen molar-refractivity contribution in [2.75, 3.05) is 6.54 Å². The summed E-state index contributed by atoms with van der Waals surface area (Å²) < 4.78 is 0. The van der Waals surface area contributed by atoms with Crippen LogP contribution in [-0.2, 0) is 0 Å². The number of nitrogens with one attached hydrogen (secondary N) is 1. The molecule has 2 rings (SSSR count). The predicted octanol–water partition coefficient (Wildman–Crippen LogP) is 3.42. The zero-order chi connectivity index (χ0) is 12.1. The summed E-state index contributed by atoms with van der Waals surface area (Å²) >= 11 is 0. The van der Waals surface area contributed by atoms with E-state index in [9.17, 15) is 0 Å². The summed E-state index contributed by atoms with van der Waals surface area (Å²) in [6, 6.07) is 14.8. The molecule has 88 valence electrons. The highest BCUT2D eigenvalue weighted by Crippen LogP contribution is 2.26. The number of hydrogen-bond donors (Lipinski definition) is 1. The van der Waals surface area contributed by atoms with E-state index in [1.54, 1.807) is 0 Å². The average Bonchev–Trinajstić information content (AvgIpc) is 2.40. The van der Waals surface area contributed by atoms with Crippen LogP contribution in [0.5, 0.6) is 0 Å². The summed E-state index contributed by atoms with van der Waals surface area (Å²) in [5, 5.41) is 3.44. The molecule has 0 saturated heterocycles. The van der Waals surface area contributed by atoms with Crippen molar-refractivity contribution in [3.63, 3.8) is 0 Å². The van der Waals surface area contributed by atoms with Gasteiger partial charge in [0.2, 0.25) is 0 Å². The Morgan fingerprint density at radius 2 is 1.88 bits per heavy atom. The summed E-state index contributed by atoms with van der Waals surface area (Å²) in [5.41, 5.74) is 3.54. The van der Waals surface area contributed by atoms with E-state index in [-0.39, 0.29) is 0 Å². The Morgan fingerprint density at radius 3 is 2.59 bits per heavy atom. The van der Waals surface area contributed by atoms with Crippen LogP contribution < -0.4 is 5.32 Å². The second-order valence-corrected chi connectivity index (χ2v) is 4.08. The van der Waals surface area contributed by atoms with Crippen molar-refractivity contribution in [2.45, 2.75) is 19.9 Å². The number of nitrogens with zero attached hydrogens (tertiary/aromatic N) is 1. The molecule has 1 aromatic heterocycles. The molecule has 2 aromatic rings. The van der Waals surface area contributed by atoms with Crippen molar-refractivity contribution >= 4 is 0 Å². The monoisotopic (exact) mass is 226 g/mol. The number of benzene rings is 1. The summed E-state index contributed by atoms with van der Waals surface area (Å²) in [6.45, 7) is 5.28. The molecule has 0 saturated carbocycles. The second-order valence-electron chi connectivity index (χ2n) is 4.08. The molecule has 0 bridgehead atoms. The summed E-state index contributed by atoms with van der Waals surface area (Å²) in [6.07, 6.45) is 1.84. The lowest BCUT2D eigenvalue weighted by molar-refractivity contribution is 0.599. The van der Waals surface area contributed by atoms with Gasteiger partial charge in [-0.25, -0.2) is 0 Å². The number of hydrogen-bond acceptors (Lipinski definition) is 2.